The van der Waals surface area contributed by atoms with Crippen LogP contribution in [0.1, 0.15) is 6.42 Å². The van der Waals surface area contributed by atoms with Crippen LogP contribution < -0.4 is 10.1 Å². The monoisotopic (exact) mass is 270 g/mol. The molecule has 5 nitrogen and oxygen atoms in total. The Hall–Kier alpha value is -1.46. The number of urea groups is 1. The van der Waals surface area contributed by atoms with Gasteiger partial charge < -0.3 is 20.1 Å². The molecule has 1 aromatic carbocycles. The molecule has 1 aliphatic rings. The number of anilines is 1. The molecule has 0 bridgehead atoms. The molecular formula is C12H15ClN2O3. The molecule has 0 radical (unpaired) electrons. The number of hydrogen-bond acceptors (Lipinski definition) is 3. The third-order valence-corrected chi connectivity index (χ3v) is 3.15. The zero-order chi connectivity index (χ0) is 13.1. The molecule has 1 atom stereocenters. The number of rotatable bonds is 2. The fourth-order valence-electron chi connectivity index (χ4n) is 1.87. The summed E-state index contributed by atoms with van der Waals surface area (Å²) in [6.45, 7) is 0.937. The lowest BCUT2D eigenvalue weighted by atomic mass is 10.3. The molecule has 2 rings (SSSR count). The Balaban J connectivity index is 2.01. The van der Waals surface area contributed by atoms with Gasteiger partial charge in [-0.2, -0.15) is 0 Å². The Morgan fingerprint density at radius 2 is 2.39 bits per heavy atom. The summed E-state index contributed by atoms with van der Waals surface area (Å²) in [5.74, 6) is 0.561. The zero-order valence-corrected chi connectivity index (χ0v) is 10.8. The van der Waals surface area contributed by atoms with Gasteiger partial charge in [0.25, 0.3) is 0 Å². The summed E-state index contributed by atoms with van der Waals surface area (Å²) in [4.78, 5) is 13.4. The van der Waals surface area contributed by atoms with E-state index >= 15 is 0 Å². The minimum absolute atomic E-state index is 0.229. The minimum atomic E-state index is -0.421. The predicted molar refractivity (Wildman–Crippen MR) is 69.2 cm³/mol. The number of likely N-dealkylation sites (tertiary alicyclic amines) is 1. The van der Waals surface area contributed by atoms with E-state index < -0.39 is 6.10 Å². The number of amides is 2. The van der Waals surface area contributed by atoms with E-state index in [9.17, 15) is 9.90 Å². The highest BCUT2D eigenvalue weighted by atomic mass is 35.5. The van der Waals surface area contributed by atoms with Gasteiger partial charge in [-0.3, -0.25) is 0 Å². The highest BCUT2D eigenvalue weighted by molar-refractivity contribution is 6.32. The summed E-state index contributed by atoms with van der Waals surface area (Å²) in [5.41, 5.74) is 0.604. The van der Waals surface area contributed by atoms with E-state index in [-0.39, 0.29) is 6.03 Å². The lowest BCUT2D eigenvalue weighted by Crippen LogP contribution is -2.33. The summed E-state index contributed by atoms with van der Waals surface area (Å²) in [5, 5.41) is 12.5. The molecule has 1 heterocycles. The largest absolute Gasteiger partial charge is 0.495 e. The van der Waals surface area contributed by atoms with Crippen LogP contribution in [0.15, 0.2) is 18.2 Å². The topological polar surface area (TPSA) is 61.8 Å². The fourth-order valence-corrected chi connectivity index (χ4v) is 2.13. The van der Waals surface area contributed by atoms with Crippen molar-refractivity contribution in [1.82, 2.24) is 4.90 Å². The highest BCUT2D eigenvalue weighted by Crippen LogP contribution is 2.27. The minimum Gasteiger partial charge on any atom is -0.495 e. The number of nitrogens with zero attached hydrogens (tertiary/aromatic N) is 1. The number of methoxy groups -OCH3 is 1. The Kier molecular flexibility index (Phi) is 3.93. The molecule has 98 valence electrons. The van der Waals surface area contributed by atoms with Gasteiger partial charge in [0, 0.05) is 18.8 Å². The first-order chi connectivity index (χ1) is 8.60. The second-order valence-electron chi connectivity index (χ2n) is 4.17. The first kappa shape index (κ1) is 13.0. The molecule has 1 aromatic rings. The summed E-state index contributed by atoms with van der Waals surface area (Å²) in [7, 11) is 1.53. The van der Waals surface area contributed by atoms with Gasteiger partial charge in [-0.05, 0) is 24.6 Å². The van der Waals surface area contributed by atoms with E-state index in [4.69, 9.17) is 16.3 Å². The van der Waals surface area contributed by atoms with E-state index in [1.807, 2.05) is 0 Å². The number of carbonyl (C=O) groups excluding carboxylic acids is 1. The third-order valence-electron chi connectivity index (χ3n) is 2.85. The van der Waals surface area contributed by atoms with Gasteiger partial charge in [-0.1, -0.05) is 11.6 Å². The number of nitrogens with one attached hydrogen (secondary N) is 1. The molecule has 0 saturated carbocycles. The number of aliphatic hydroxyl groups is 1. The third kappa shape index (κ3) is 2.86. The van der Waals surface area contributed by atoms with E-state index in [2.05, 4.69) is 5.32 Å². The molecule has 18 heavy (non-hydrogen) atoms. The SMILES string of the molecule is COc1ccc(NC(=O)N2CC[C@H](O)C2)cc1Cl. The van der Waals surface area contributed by atoms with Crippen LogP contribution in [-0.2, 0) is 0 Å². The van der Waals surface area contributed by atoms with Crippen LogP contribution in [-0.4, -0.2) is 42.3 Å². The molecule has 1 saturated heterocycles. The van der Waals surface area contributed by atoms with Crippen LogP contribution >= 0.6 is 11.6 Å². The number of halogens is 1. The van der Waals surface area contributed by atoms with Crippen LogP contribution in [0.2, 0.25) is 5.02 Å². The van der Waals surface area contributed by atoms with Gasteiger partial charge in [-0.15, -0.1) is 0 Å². The lowest BCUT2D eigenvalue weighted by molar-refractivity contribution is 0.176. The maximum Gasteiger partial charge on any atom is 0.321 e. The second kappa shape index (κ2) is 5.46. The average molecular weight is 271 g/mol. The van der Waals surface area contributed by atoms with Crippen molar-refractivity contribution in [3.8, 4) is 5.75 Å². The smallest absolute Gasteiger partial charge is 0.321 e. The zero-order valence-electron chi connectivity index (χ0n) is 10.0. The van der Waals surface area contributed by atoms with Crippen molar-refractivity contribution in [3.05, 3.63) is 23.2 Å². The van der Waals surface area contributed by atoms with E-state index in [1.165, 1.54) is 7.11 Å². The van der Waals surface area contributed by atoms with Crippen LogP contribution in [0.3, 0.4) is 0 Å². The second-order valence-corrected chi connectivity index (χ2v) is 4.58. The number of hydrogen-bond donors (Lipinski definition) is 2. The highest BCUT2D eigenvalue weighted by Gasteiger charge is 2.24. The Labute approximate surface area is 110 Å². The molecule has 6 heteroatoms. The quantitative estimate of drug-likeness (QED) is 0.863. The fraction of sp³-hybridized carbons (Fsp3) is 0.417. The lowest BCUT2D eigenvalue weighted by Gasteiger charge is -2.16. The van der Waals surface area contributed by atoms with Crippen LogP contribution in [0, 0.1) is 0 Å². The summed E-state index contributed by atoms with van der Waals surface area (Å²) < 4.78 is 5.03. The van der Waals surface area contributed by atoms with Crippen molar-refractivity contribution in [2.24, 2.45) is 0 Å². The van der Waals surface area contributed by atoms with Crippen molar-refractivity contribution >= 4 is 23.3 Å². The standard InChI is InChI=1S/C12H15ClN2O3/c1-18-11-3-2-8(6-10(11)13)14-12(17)15-5-4-9(16)7-15/h2-3,6,9,16H,4-5,7H2,1H3,(H,14,17)/t9-/m0/s1. The molecule has 0 spiro atoms. The van der Waals surface area contributed by atoms with Gasteiger partial charge in [-0.25, -0.2) is 4.79 Å². The van der Waals surface area contributed by atoms with Crippen LogP contribution in [0.25, 0.3) is 0 Å². The first-order valence-electron chi connectivity index (χ1n) is 5.67. The number of β-amino-alcohol motifs (C(OH)–C–C–N with tert-alkyl or cyclic N) is 1. The molecular weight excluding hydrogens is 256 g/mol. The molecule has 2 N–H and O–H groups in total. The van der Waals surface area contributed by atoms with Gasteiger partial charge in [0.05, 0.1) is 18.2 Å². The number of carbonyl (C=O) groups is 1. The van der Waals surface area contributed by atoms with E-state index in [0.29, 0.717) is 36.0 Å². The van der Waals surface area contributed by atoms with Gasteiger partial charge in [0.1, 0.15) is 5.75 Å². The maximum atomic E-state index is 11.9. The molecule has 0 unspecified atom stereocenters. The summed E-state index contributed by atoms with van der Waals surface area (Å²) in [6.07, 6.45) is 0.201. The molecule has 0 aliphatic carbocycles. The predicted octanol–water partition coefficient (Wildman–Crippen LogP) is 1.95. The van der Waals surface area contributed by atoms with Crippen molar-refractivity contribution in [2.75, 3.05) is 25.5 Å². The van der Waals surface area contributed by atoms with Crippen molar-refractivity contribution < 1.29 is 14.6 Å². The summed E-state index contributed by atoms with van der Waals surface area (Å²) >= 11 is 5.97. The molecule has 1 fully saturated rings. The van der Waals surface area contributed by atoms with Crippen LogP contribution in [0.5, 0.6) is 5.75 Å². The Morgan fingerprint density at radius 1 is 1.61 bits per heavy atom. The Morgan fingerprint density at radius 3 is 2.94 bits per heavy atom. The average Bonchev–Trinajstić information content (AvgIpc) is 2.76. The number of ether oxygens (including phenoxy) is 1. The normalized spacial score (nSPS) is 18.8. The van der Waals surface area contributed by atoms with Crippen molar-refractivity contribution in [1.29, 1.82) is 0 Å². The van der Waals surface area contributed by atoms with Crippen LogP contribution in [0.4, 0.5) is 10.5 Å². The van der Waals surface area contributed by atoms with Gasteiger partial charge in [0.2, 0.25) is 0 Å². The summed E-state index contributed by atoms with van der Waals surface area (Å²) in [6, 6.07) is 4.81. The van der Waals surface area contributed by atoms with Gasteiger partial charge in [0.15, 0.2) is 0 Å². The number of aliphatic hydroxyl groups excluding tert-OH is 1. The maximum absolute atomic E-state index is 11.9. The van der Waals surface area contributed by atoms with E-state index in [0.717, 1.165) is 0 Å². The Bertz CT molecular complexity index is 453. The van der Waals surface area contributed by atoms with Crippen molar-refractivity contribution in [2.45, 2.75) is 12.5 Å². The van der Waals surface area contributed by atoms with E-state index in [1.54, 1.807) is 23.1 Å². The van der Waals surface area contributed by atoms with Crippen molar-refractivity contribution in [3.63, 3.8) is 0 Å². The number of benzene rings is 1. The molecule has 0 aromatic heterocycles. The molecule has 2 amide bonds. The van der Waals surface area contributed by atoms with Gasteiger partial charge >= 0.3 is 6.03 Å². The molecule has 1 aliphatic heterocycles. The first-order valence-corrected chi connectivity index (χ1v) is 6.05.